The van der Waals surface area contributed by atoms with Crippen LogP contribution in [0.5, 0.6) is 11.5 Å². The lowest BCUT2D eigenvalue weighted by Gasteiger charge is -2.15. The molecule has 0 bridgehead atoms. The molecule has 0 spiro atoms. The van der Waals surface area contributed by atoms with Crippen LogP contribution in [-0.2, 0) is 6.42 Å². The molecule has 0 fully saturated rings. The predicted molar refractivity (Wildman–Crippen MR) is 93.2 cm³/mol. The third-order valence-corrected chi connectivity index (χ3v) is 4.54. The van der Waals surface area contributed by atoms with Crippen LogP contribution in [0.25, 0.3) is 22.3 Å². The molecule has 0 aliphatic heterocycles. The lowest BCUT2D eigenvalue weighted by molar-refractivity contribution is 0.356. The van der Waals surface area contributed by atoms with Crippen LogP contribution < -0.4 is 9.47 Å². The summed E-state index contributed by atoms with van der Waals surface area (Å²) < 4.78 is 11.1. The molecule has 114 valence electrons. The van der Waals surface area contributed by atoms with Gasteiger partial charge in [-0.05, 0) is 40.3 Å². The van der Waals surface area contributed by atoms with Gasteiger partial charge in [-0.25, -0.2) is 0 Å². The molecular weight excluding hydrogens is 284 g/mol. The Morgan fingerprint density at radius 3 is 2.09 bits per heavy atom. The van der Waals surface area contributed by atoms with E-state index in [1.807, 2.05) is 12.1 Å². The monoisotopic (exact) mass is 302 g/mol. The summed E-state index contributed by atoms with van der Waals surface area (Å²) in [6.45, 7) is 0. The minimum Gasteiger partial charge on any atom is -0.493 e. The highest BCUT2D eigenvalue weighted by Gasteiger charge is 2.23. The zero-order chi connectivity index (χ0) is 15.8. The van der Waals surface area contributed by atoms with E-state index < -0.39 is 0 Å². The van der Waals surface area contributed by atoms with Crippen molar-refractivity contribution in [2.24, 2.45) is 0 Å². The average Bonchev–Trinajstić information content (AvgIpc) is 2.99. The number of hydrogen-bond acceptors (Lipinski definition) is 2. The Morgan fingerprint density at radius 2 is 1.30 bits per heavy atom. The van der Waals surface area contributed by atoms with Gasteiger partial charge in [0.05, 0.1) is 14.2 Å². The third kappa shape index (κ3) is 2.10. The van der Waals surface area contributed by atoms with Gasteiger partial charge in [-0.1, -0.05) is 54.6 Å². The van der Waals surface area contributed by atoms with E-state index in [0.717, 1.165) is 23.5 Å². The summed E-state index contributed by atoms with van der Waals surface area (Å²) in [6, 6.07) is 21.2. The Bertz CT molecular complexity index is 881. The Labute approximate surface area is 136 Å². The lowest BCUT2D eigenvalue weighted by atomic mass is 9.95. The smallest absolute Gasteiger partial charge is 0.168 e. The molecule has 1 aliphatic rings. The molecule has 0 aromatic heterocycles. The molecule has 0 unspecified atom stereocenters. The van der Waals surface area contributed by atoms with Crippen LogP contribution in [0.1, 0.15) is 11.1 Å². The molecule has 1 aliphatic carbocycles. The number of para-hydroxylation sites is 1. The van der Waals surface area contributed by atoms with Gasteiger partial charge in [0.2, 0.25) is 0 Å². The summed E-state index contributed by atoms with van der Waals surface area (Å²) in [7, 11) is 3.37. The van der Waals surface area contributed by atoms with Crippen molar-refractivity contribution in [3.63, 3.8) is 0 Å². The van der Waals surface area contributed by atoms with E-state index in [1.54, 1.807) is 14.2 Å². The largest absolute Gasteiger partial charge is 0.493 e. The number of benzene rings is 3. The molecule has 3 aromatic rings. The maximum atomic E-state index is 5.63. The summed E-state index contributed by atoms with van der Waals surface area (Å²) in [4.78, 5) is 0. The highest BCUT2D eigenvalue weighted by Crippen LogP contribution is 2.45. The first-order chi connectivity index (χ1) is 11.3. The van der Waals surface area contributed by atoms with Crippen molar-refractivity contribution in [2.75, 3.05) is 14.2 Å². The molecule has 0 saturated heterocycles. The number of methoxy groups -OCH3 is 2. The van der Waals surface area contributed by atoms with Crippen molar-refractivity contribution in [2.45, 2.75) is 6.42 Å². The van der Waals surface area contributed by atoms with Crippen LogP contribution >= 0.6 is 0 Å². The van der Waals surface area contributed by atoms with Gasteiger partial charge in [0, 0.05) is 5.56 Å². The summed E-state index contributed by atoms with van der Waals surface area (Å²) in [5, 5.41) is 0. The van der Waals surface area contributed by atoms with Crippen LogP contribution in [0.2, 0.25) is 0 Å². The second-order valence-corrected chi connectivity index (χ2v) is 5.71. The van der Waals surface area contributed by atoms with Gasteiger partial charge < -0.3 is 9.47 Å². The van der Waals surface area contributed by atoms with Crippen LogP contribution in [0, 0.1) is 0 Å². The zero-order valence-electron chi connectivity index (χ0n) is 13.3. The van der Waals surface area contributed by atoms with Gasteiger partial charge in [0.15, 0.2) is 11.5 Å². The lowest BCUT2D eigenvalue weighted by Crippen LogP contribution is -1.95. The maximum absolute atomic E-state index is 5.63. The molecule has 0 radical (unpaired) electrons. The number of hydrogen-bond donors (Lipinski definition) is 0. The van der Waals surface area contributed by atoms with E-state index in [2.05, 4.69) is 48.5 Å². The molecular formula is C21H18O2. The van der Waals surface area contributed by atoms with Crippen molar-refractivity contribution in [1.29, 1.82) is 0 Å². The Balaban J connectivity index is 1.94. The van der Waals surface area contributed by atoms with Crippen molar-refractivity contribution in [1.82, 2.24) is 0 Å². The topological polar surface area (TPSA) is 18.5 Å². The molecule has 0 atom stereocenters. The molecule has 2 nitrogen and oxygen atoms in total. The first-order valence-corrected chi connectivity index (χ1v) is 7.75. The van der Waals surface area contributed by atoms with E-state index in [9.17, 15) is 0 Å². The minimum absolute atomic E-state index is 0.762. The molecule has 2 heteroatoms. The van der Waals surface area contributed by atoms with Gasteiger partial charge in [-0.15, -0.1) is 0 Å². The Hall–Kier alpha value is -2.74. The van der Waals surface area contributed by atoms with Crippen LogP contribution in [0.3, 0.4) is 0 Å². The van der Waals surface area contributed by atoms with Gasteiger partial charge in [-0.3, -0.25) is 0 Å². The number of ether oxygens (including phenoxy) is 2. The van der Waals surface area contributed by atoms with Crippen LogP contribution in [0.15, 0.2) is 60.7 Å². The molecule has 0 amide bonds. The van der Waals surface area contributed by atoms with E-state index in [4.69, 9.17) is 9.47 Å². The average molecular weight is 302 g/mol. The quantitative estimate of drug-likeness (QED) is 0.533. The third-order valence-electron chi connectivity index (χ3n) is 4.54. The first-order valence-electron chi connectivity index (χ1n) is 7.75. The molecule has 4 rings (SSSR count). The summed E-state index contributed by atoms with van der Waals surface area (Å²) >= 11 is 0. The second kappa shape index (κ2) is 5.47. The number of rotatable bonds is 3. The normalized spacial score (nSPS) is 11.7. The Morgan fingerprint density at radius 1 is 0.652 bits per heavy atom. The minimum atomic E-state index is 0.762. The summed E-state index contributed by atoms with van der Waals surface area (Å²) in [6.07, 6.45) is 0.960. The van der Waals surface area contributed by atoms with E-state index in [0.29, 0.717) is 0 Å². The predicted octanol–water partition coefficient (Wildman–Crippen LogP) is 4.94. The van der Waals surface area contributed by atoms with Crippen molar-refractivity contribution >= 4 is 0 Å². The van der Waals surface area contributed by atoms with E-state index >= 15 is 0 Å². The summed E-state index contributed by atoms with van der Waals surface area (Å²) in [5.41, 5.74) is 7.71. The zero-order valence-corrected chi connectivity index (χ0v) is 13.3. The van der Waals surface area contributed by atoms with Crippen molar-refractivity contribution < 1.29 is 9.47 Å². The Kier molecular flexibility index (Phi) is 3.30. The fraction of sp³-hybridized carbons (Fsp3) is 0.143. The van der Waals surface area contributed by atoms with Crippen LogP contribution in [0.4, 0.5) is 0 Å². The second-order valence-electron chi connectivity index (χ2n) is 5.71. The highest BCUT2D eigenvalue weighted by molar-refractivity contribution is 5.87. The molecule has 0 heterocycles. The van der Waals surface area contributed by atoms with Crippen molar-refractivity contribution in [3.05, 3.63) is 71.8 Å². The first kappa shape index (κ1) is 13.9. The summed E-state index contributed by atoms with van der Waals surface area (Å²) in [5.74, 6) is 1.55. The van der Waals surface area contributed by atoms with Gasteiger partial charge in [-0.2, -0.15) is 0 Å². The van der Waals surface area contributed by atoms with E-state index in [1.165, 1.54) is 27.8 Å². The highest BCUT2D eigenvalue weighted by atomic mass is 16.5. The van der Waals surface area contributed by atoms with Gasteiger partial charge in [0.25, 0.3) is 0 Å². The molecule has 0 saturated carbocycles. The van der Waals surface area contributed by atoms with Crippen LogP contribution in [-0.4, -0.2) is 14.2 Å². The standard InChI is InChI=1S/C21H18O2/c1-22-20-12-6-11-18(21(20)23-2)17-10-5-9-16-15-8-4-3-7-14(15)13-19(16)17/h3-12H,13H2,1-2H3. The number of fused-ring (bicyclic) bond motifs is 3. The van der Waals surface area contributed by atoms with E-state index in [-0.39, 0.29) is 0 Å². The maximum Gasteiger partial charge on any atom is 0.168 e. The molecule has 0 N–H and O–H groups in total. The SMILES string of the molecule is COc1cccc(-c2cccc3c2Cc2ccccc2-3)c1OC. The fourth-order valence-electron chi connectivity index (χ4n) is 3.51. The van der Waals surface area contributed by atoms with Gasteiger partial charge >= 0.3 is 0 Å². The van der Waals surface area contributed by atoms with Crippen molar-refractivity contribution in [3.8, 4) is 33.8 Å². The van der Waals surface area contributed by atoms with Gasteiger partial charge in [0.1, 0.15) is 0 Å². The molecule has 23 heavy (non-hydrogen) atoms. The molecule has 3 aromatic carbocycles. The fourth-order valence-corrected chi connectivity index (χ4v) is 3.51.